The molecule has 188 valence electrons. The topological polar surface area (TPSA) is 49.8 Å². The lowest BCUT2D eigenvalue weighted by Gasteiger charge is -2.32. The summed E-state index contributed by atoms with van der Waals surface area (Å²) >= 11 is 0. The number of rotatable bonds is 10. The molecule has 0 saturated carbocycles. The molecule has 0 bridgehead atoms. The summed E-state index contributed by atoms with van der Waals surface area (Å²) < 4.78 is 5.74. The van der Waals surface area contributed by atoms with Crippen molar-refractivity contribution in [3.05, 3.63) is 101 Å². The number of carbonyl (C=O) groups excluding carboxylic acids is 1. The number of phenols is 1. The number of carbonyl (C=O) groups is 1. The van der Waals surface area contributed by atoms with Gasteiger partial charge >= 0.3 is 5.97 Å². The quantitative estimate of drug-likeness (QED) is 0.298. The number of benzene rings is 3. The van der Waals surface area contributed by atoms with E-state index in [9.17, 15) is 9.90 Å². The fourth-order valence-corrected chi connectivity index (χ4v) is 4.56. The maximum atomic E-state index is 13.0. The van der Waals surface area contributed by atoms with Crippen LogP contribution in [0.5, 0.6) is 5.75 Å². The minimum absolute atomic E-state index is 0. The van der Waals surface area contributed by atoms with Gasteiger partial charge in [0.1, 0.15) is 11.9 Å². The summed E-state index contributed by atoms with van der Waals surface area (Å²) in [4.78, 5) is 15.4. The number of nitrogens with zero attached hydrogens (tertiary/aromatic N) is 1. The zero-order valence-corrected chi connectivity index (χ0v) is 22.2. The van der Waals surface area contributed by atoms with E-state index in [4.69, 9.17) is 4.74 Å². The average molecular weight is 496 g/mol. The van der Waals surface area contributed by atoms with E-state index < -0.39 is 5.97 Å². The van der Waals surface area contributed by atoms with Crippen molar-refractivity contribution in [2.24, 2.45) is 0 Å². The molecule has 3 aromatic carbocycles. The molecule has 0 aromatic heterocycles. The highest BCUT2D eigenvalue weighted by molar-refractivity contribution is 5.90. The molecule has 0 fully saturated rings. The Morgan fingerprint density at radius 1 is 0.829 bits per heavy atom. The predicted molar refractivity (Wildman–Crippen MR) is 146 cm³/mol. The first-order chi connectivity index (χ1) is 16.3. The second-order valence-corrected chi connectivity index (χ2v) is 9.41. The summed E-state index contributed by atoms with van der Waals surface area (Å²) in [6, 6.07) is 25.8. The molecule has 5 heteroatoms. The standard InChI is InChI=1S/C30H37NO3.ClH/c1-21(2)31(22(3)4)19-18-27(25-14-10-7-11-15-25)28-20-26(16-17-29(28)32)30(33)34-23(5)24-12-8-6-9-13-24;/h6-17,20-23,27,32H,18-19H2,1-5H3;1H/t23-,27+;/m0./s1. The molecule has 4 nitrogen and oxygen atoms in total. The second-order valence-electron chi connectivity index (χ2n) is 9.41. The van der Waals surface area contributed by atoms with Gasteiger partial charge in [0.05, 0.1) is 5.56 Å². The summed E-state index contributed by atoms with van der Waals surface area (Å²) in [7, 11) is 0. The molecule has 3 rings (SSSR count). The molecule has 0 aliphatic carbocycles. The van der Waals surface area contributed by atoms with E-state index in [2.05, 4.69) is 44.7 Å². The fourth-order valence-electron chi connectivity index (χ4n) is 4.56. The molecule has 0 amide bonds. The molecule has 1 N–H and O–H groups in total. The highest BCUT2D eigenvalue weighted by atomic mass is 35.5. The molecule has 35 heavy (non-hydrogen) atoms. The van der Waals surface area contributed by atoms with E-state index in [-0.39, 0.29) is 30.2 Å². The molecule has 0 aliphatic rings. The minimum Gasteiger partial charge on any atom is -0.508 e. The summed E-state index contributed by atoms with van der Waals surface area (Å²) in [6.07, 6.45) is 0.467. The highest BCUT2D eigenvalue weighted by Gasteiger charge is 2.23. The maximum absolute atomic E-state index is 13.0. The van der Waals surface area contributed by atoms with Gasteiger partial charge in [-0.1, -0.05) is 60.7 Å². The smallest absolute Gasteiger partial charge is 0.338 e. The van der Waals surface area contributed by atoms with E-state index in [1.54, 1.807) is 18.2 Å². The van der Waals surface area contributed by atoms with Crippen LogP contribution >= 0.6 is 12.4 Å². The van der Waals surface area contributed by atoms with E-state index >= 15 is 0 Å². The van der Waals surface area contributed by atoms with Crippen LogP contribution in [0, 0.1) is 0 Å². The van der Waals surface area contributed by atoms with Crippen molar-refractivity contribution in [1.82, 2.24) is 4.90 Å². The van der Waals surface area contributed by atoms with Crippen molar-refractivity contribution in [3.8, 4) is 5.75 Å². The van der Waals surface area contributed by atoms with E-state index in [1.807, 2.05) is 55.5 Å². The van der Waals surface area contributed by atoms with Gasteiger partial charge in [0.2, 0.25) is 0 Å². The fraction of sp³-hybridized carbons (Fsp3) is 0.367. The van der Waals surface area contributed by atoms with Gasteiger partial charge in [0.15, 0.2) is 0 Å². The first kappa shape index (κ1) is 28.4. The van der Waals surface area contributed by atoms with Crippen molar-refractivity contribution in [2.45, 2.75) is 65.1 Å². The van der Waals surface area contributed by atoms with Gasteiger partial charge < -0.3 is 9.84 Å². The number of hydrogen-bond acceptors (Lipinski definition) is 4. The molecule has 2 atom stereocenters. The summed E-state index contributed by atoms with van der Waals surface area (Å²) in [5, 5.41) is 10.8. The van der Waals surface area contributed by atoms with Crippen LogP contribution in [0.1, 0.15) is 80.1 Å². The zero-order valence-electron chi connectivity index (χ0n) is 21.3. The molecule has 0 aliphatic heterocycles. The zero-order chi connectivity index (χ0) is 24.7. The average Bonchev–Trinajstić information content (AvgIpc) is 2.83. The Hall–Kier alpha value is -2.82. The first-order valence-electron chi connectivity index (χ1n) is 12.2. The van der Waals surface area contributed by atoms with Gasteiger partial charge in [-0.15, -0.1) is 12.4 Å². The van der Waals surface area contributed by atoms with Crippen molar-refractivity contribution >= 4 is 18.4 Å². The molecule has 0 spiro atoms. The van der Waals surface area contributed by atoms with Gasteiger partial charge in [-0.3, -0.25) is 4.90 Å². The number of phenolic OH excluding ortho intramolecular Hbond substituents is 1. The largest absolute Gasteiger partial charge is 0.508 e. The van der Waals surface area contributed by atoms with Gasteiger partial charge in [0, 0.05) is 23.6 Å². The summed E-state index contributed by atoms with van der Waals surface area (Å²) in [5.74, 6) is -0.238. The van der Waals surface area contributed by atoms with Crippen LogP contribution in [0.4, 0.5) is 0 Å². The number of hydrogen-bond donors (Lipinski definition) is 1. The van der Waals surface area contributed by atoms with E-state index in [1.165, 1.54) is 0 Å². The van der Waals surface area contributed by atoms with Gasteiger partial charge in [-0.25, -0.2) is 4.79 Å². The first-order valence-corrected chi connectivity index (χ1v) is 12.2. The van der Waals surface area contributed by atoms with Gasteiger partial charge in [-0.2, -0.15) is 0 Å². The number of halogens is 1. The van der Waals surface area contributed by atoms with Crippen LogP contribution in [0.25, 0.3) is 0 Å². The van der Waals surface area contributed by atoms with Gasteiger partial charge in [-0.05, 0) is 76.9 Å². The third-order valence-electron chi connectivity index (χ3n) is 6.40. The lowest BCUT2D eigenvalue weighted by Crippen LogP contribution is -2.38. The number of aromatic hydroxyl groups is 1. The van der Waals surface area contributed by atoms with Crippen LogP contribution < -0.4 is 0 Å². The van der Waals surface area contributed by atoms with Crippen LogP contribution in [0.15, 0.2) is 78.9 Å². The normalized spacial score (nSPS) is 12.9. The van der Waals surface area contributed by atoms with E-state index in [0.717, 1.165) is 29.7 Å². The highest BCUT2D eigenvalue weighted by Crippen LogP contribution is 2.35. The predicted octanol–water partition coefficient (Wildman–Crippen LogP) is 7.37. The van der Waals surface area contributed by atoms with Crippen LogP contribution in [-0.2, 0) is 4.74 Å². The Labute approximate surface area is 216 Å². The molecular formula is C30H38ClNO3. The molecular weight excluding hydrogens is 458 g/mol. The van der Waals surface area contributed by atoms with Crippen LogP contribution in [0.3, 0.4) is 0 Å². The lowest BCUT2D eigenvalue weighted by atomic mass is 9.86. The Kier molecular flexibility index (Phi) is 10.8. The van der Waals surface area contributed by atoms with E-state index in [0.29, 0.717) is 17.6 Å². The number of ether oxygens (including phenoxy) is 1. The molecule has 0 saturated heterocycles. The van der Waals surface area contributed by atoms with Gasteiger partial charge in [0.25, 0.3) is 0 Å². The third kappa shape index (κ3) is 7.58. The Morgan fingerprint density at radius 2 is 1.37 bits per heavy atom. The van der Waals surface area contributed by atoms with Crippen molar-refractivity contribution in [2.75, 3.05) is 6.54 Å². The van der Waals surface area contributed by atoms with Crippen molar-refractivity contribution < 1.29 is 14.6 Å². The summed E-state index contributed by atoms with van der Waals surface area (Å²) in [5.41, 5.74) is 3.26. The Morgan fingerprint density at radius 3 is 1.91 bits per heavy atom. The number of esters is 1. The Balaban J connectivity index is 0.00000432. The maximum Gasteiger partial charge on any atom is 0.338 e. The summed E-state index contributed by atoms with van der Waals surface area (Å²) in [6.45, 7) is 11.6. The molecule has 3 aromatic rings. The van der Waals surface area contributed by atoms with Crippen molar-refractivity contribution in [1.29, 1.82) is 0 Å². The van der Waals surface area contributed by atoms with Crippen molar-refractivity contribution in [3.63, 3.8) is 0 Å². The third-order valence-corrected chi connectivity index (χ3v) is 6.40. The van der Waals surface area contributed by atoms with Crippen LogP contribution in [-0.4, -0.2) is 34.6 Å². The lowest BCUT2D eigenvalue weighted by molar-refractivity contribution is 0.0337. The molecule has 0 heterocycles. The van der Waals surface area contributed by atoms with Crippen LogP contribution in [0.2, 0.25) is 0 Å². The minimum atomic E-state index is -0.393. The monoisotopic (exact) mass is 495 g/mol. The Bertz CT molecular complexity index is 1050. The molecule has 0 unspecified atom stereocenters. The second kappa shape index (κ2) is 13.3. The SMILES string of the molecule is CC(C)N(CC[C@H](c1ccccc1)c1cc(C(=O)O[C@@H](C)c2ccccc2)ccc1O)C(C)C.Cl. The molecule has 0 radical (unpaired) electrons.